The highest BCUT2D eigenvalue weighted by molar-refractivity contribution is 6.05. The van der Waals surface area contributed by atoms with Crippen molar-refractivity contribution in [2.45, 2.75) is 37.5 Å². The van der Waals surface area contributed by atoms with Crippen LogP contribution >= 0.6 is 0 Å². The van der Waals surface area contributed by atoms with Crippen molar-refractivity contribution in [1.29, 1.82) is 0 Å². The van der Waals surface area contributed by atoms with Crippen molar-refractivity contribution in [2.75, 3.05) is 19.7 Å². The quantitative estimate of drug-likeness (QED) is 0.895. The summed E-state index contributed by atoms with van der Waals surface area (Å²) in [4.78, 5) is 27.3. The van der Waals surface area contributed by atoms with Gasteiger partial charge in [0, 0.05) is 42.7 Å². The standard InChI is InChI=1S/C23H24N2O3/c26-21-10-9-18-19(21)7-4-8-20(18)23(27)24-16-11-17-14-28-22(13-25(17)12-16)15-5-2-1-3-6-15/h1-8,16-17,22H,9-14H2,(H,24,27)/t16-,17+,22-/m1/s1. The van der Waals surface area contributed by atoms with E-state index in [2.05, 4.69) is 22.3 Å². The van der Waals surface area contributed by atoms with Crippen molar-refractivity contribution in [3.63, 3.8) is 0 Å². The maximum atomic E-state index is 12.9. The molecule has 144 valence electrons. The van der Waals surface area contributed by atoms with Gasteiger partial charge in [-0.25, -0.2) is 0 Å². The zero-order chi connectivity index (χ0) is 19.1. The summed E-state index contributed by atoms with van der Waals surface area (Å²) in [7, 11) is 0. The lowest BCUT2D eigenvalue weighted by Crippen LogP contribution is -2.43. The molecule has 1 aliphatic carbocycles. The number of ether oxygens (including phenoxy) is 1. The van der Waals surface area contributed by atoms with Crippen LogP contribution in [-0.4, -0.2) is 48.4 Å². The minimum atomic E-state index is -0.0584. The Hall–Kier alpha value is -2.50. The van der Waals surface area contributed by atoms with Crippen LogP contribution < -0.4 is 5.32 Å². The normalized spacial score (nSPS) is 26.7. The van der Waals surface area contributed by atoms with Crippen molar-refractivity contribution in [2.24, 2.45) is 0 Å². The van der Waals surface area contributed by atoms with Gasteiger partial charge >= 0.3 is 0 Å². The molecule has 28 heavy (non-hydrogen) atoms. The molecule has 0 saturated carbocycles. The fourth-order valence-corrected chi connectivity index (χ4v) is 4.81. The first kappa shape index (κ1) is 17.6. The Labute approximate surface area is 164 Å². The Morgan fingerprint density at radius 3 is 2.75 bits per heavy atom. The minimum Gasteiger partial charge on any atom is -0.371 e. The van der Waals surface area contributed by atoms with Crippen LogP contribution in [0.15, 0.2) is 48.5 Å². The van der Waals surface area contributed by atoms with Gasteiger partial charge in [0.1, 0.15) is 0 Å². The van der Waals surface area contributed by atoms with Crippen molar-refractivity contribution in [1.82, 2.24) is 10.2 Å². The molecule has 3 atom stereocenters. The first-order valence-electron chi connectivity index (χ1n) is 10.1. The maximum Gasteiger partial charge on any atom is 0.251 e. The minimum absolute atomic E-state index is 0.0584. The summed E-state index contributed by atoms with van der Waals surface area (Å²) in [6, 6.07) is 16.3. The van der Waals surface area contributed by atoms with Gasteiger partial charge < -0.3 is 10.1 Å². The number of benzene rings is 2. The molecule has 2 aliphatic heterocycles. The summed E-state index contributed by atoms with van der Waals surface area (Å²) in [6.45, 7) is 2.40. The van der Waals surface area contributed by atoms with E-state index in [1.807, 2.05) is 36.4 Å². The maximum absolute atomic E-state index is 12.9. The van der Waals surface area contributed by atoms with Crippen LogP contribution in [0, 0.1) is 0 Å². The molecule has 5 nitrogen and oxygen atoms in total. The number of fused-ring (bicyclic) bond motifs is 2. The second-order valence-electron chi connectivity index (χ2n) is 8.00. The van der Waals surface area contributed by atoms with E-state index in [9.17, 15) is 9.59 Å². The van der Waals surface area contributed by atoms with Crippen molar-refractivity contribution >= 4 is 11.7 Å². The summed E-state index contributed by atoms with van der Waals surface area (Å²) < 4.78 is 6.10. The van der Waals surface area contributed by atoms with Gasteiger partial charge in [-0.1, -0.05) is 42.5 Å². The molecule has 0 aromatic heterocycles. The highest BCUT2D eigenvalue weighted by Crippen LogP contribution is 2.31. The molecular weight excluding hydrogens is 352 g/mol. The average molecular weight is 376 g/mol. The third kappa shape index (κ3) is 3.15. The molecule has 5 rings (SSSR count). The van der Waals surface area contributed by atoms with Gasteiger partial charge in [-0.15, -0.1) is 0 Å². The first-order valence-corrected chi connectivity index (χ1v) is 10.1. The number of amides is 1. The average Bonchev–Trinajstić information content (AvgIpc) is 3.31. The van der Waals surface area contributed by atoms with Gasteiger partial charge in [0.25, 0.3) is 5.91 Å². The zero-order valence-electron chi connectivity index (χ0n) is 15.8. The summed E-state index contributed by atoms with van der Waals surface area (Å²) in [5.74, 6) is 0.0867. The third-order valence-corrected chi connectivity index (χ3v) is 6.25. The van der Waals surface area contributed by atoms with Crippen molar-refractivity contribution < 1.29 is 14.3 Å². The highest BCUT2D eigenvalue weighted by atomic mass is 16.5. The summed E-state index contributed by atoms with van der Waals surface area (Å²) in [5.41, 5.74) is 3.49. The molecule has 0 unspecified atom stereocenters. The summed E-state index contributed by atoms with van der Waals surface area (Å²) >= 11 is 0. The van der Waals surface area contributed by atoms with Crippen LogP contribution in [0.2, 0.25) is 0 Å². The van der Waals surface area contributed by atoms with E-state index in [0.717, 1.165) is 30.6 Å². The fraction of sp³-hybridized carbons (Fsp3) is 0.391. The lowest BCUT2D eigenvalue weighted by Gasteiger charge is -2.35. The lowest BCUT2D eigenvalue weighted by atomic mass is 10.0. The molecule has 2 saturated heterocycles. The van der Waals surface area contributed by atoms with Gasteiger partial charge in [0.2, 0.25) is 0 Å². The molecule has 3 aliphatic rings. The molecule has 0 radical (unpaired) electrons. The molecular formula is C23H24N2O3. The molecule has 0 bridgehead atoms. The van der Waals surface area contributed by atoms with E-state index in [4.69, 9.17) is 4.74 Å². The van der Waals surface area contributed by atoms with Crippen LogP contribution in [-0.2, 0) is 11.2 Å². The number of hydrogen-bond donors (Lipinski definition) is 1. The van der Waals surface area contributed by atoms with Gasteiger partial charge in [-0.2, -0.15) is 0 Å². The number of rotatable bonds is 3. The van der Waals surface area contributed by atoms with Crippen molar-refractivity contribution in [3.8, 4) is 0 Å². The Balaban J connectivity index is 1.25. The van der Waals surface area contributed by atoms with Crippen LogP contribution in [0.5, 0.6) is 0 Å². The number of carbonyl (C=O) groups is 2. The number of hydrogen-bond acceptors (Lipinski definition) is 4. The summed E-state index contributed by atoms with van der Waals surface area (Å²) in [6.07, 6.45) is 2.18. The Morgan fingerprint density at radius 1 is 1.04 bits per heavy atom. The topological polar surface area (TPSA) is 58.6 Å². The van der Waals surface area contributed by atoms with Crippen LogP contribution in [0.1, 0.15) is 50.8 Å². The third-order valence-electron chi connectivity index (χ3n) is 6.25. The SMILES string of the molecule is O=C1CCc2c1cccc2C(=O)N[C@@H]1C[C@H]2CO[C@@H](c3ccccc3)CN2C1. The fourth-order valence-electron chi connectivity index (χ4n) is 4.81. The van der Waals surface area contributed by atoms with E-state index >= 15 is 0 Å². The largest absolute Gasteiger partial charge is 0.371 e. The molecule has 1 N–H and O–H groups in total. The van der Waals surface area contributed by atoms with Gasteiger partial charge in [-0.3, -0.25) is 14.5 Å². The predicted molar refractivity (Wildman–Crippen MR) is 105 cm³/mol. The van der Waals surface area contributed by atoms with Gasteiger partial charge in [-0.05, 0) is 30.0 Å². The smallest absolute Gasteiger partial charge is 0.251 e. The Bertz CT molecular complexity index is 911. The number of nitrogens with one attached hydrogen (secondary N) is 1. The predicted octanol–water partition coefficient (Wildman–Crippen LogP) is 2.76. The van der Waals surface area contributed by atoms with E-state index in [-0.39, 0.29) is 23.8 Å². The number of Topliss-reactive ketones (excluding diaryl/α,β-unsaturated/α-hetero) is 1. The number of nitrogens with zero attached hydrogens (tertiary/aromatic N) is 1. The number of ketones is 1. The monoisotopic (exact) mass is 376 g/mol. The molecule has 1 amide bonds. The molecule has 2 aromatic rings. The van der Waals surface area contributed by atoms with E-state index < -0.39 is 0 Å². The molecule has 2 aromatic carbocycles. The highest BCUT2D eigenvalue weighted by Gasteiger charge is 2.38. The van der Waals surface area contributed by atoms with E-state index in [0.29, 0.717) is 31.1 Å². The Kier molecular flexibility index (Phi) is 4.49. The molecule has 2 fully saturated rings. The Morgan fingerprint density at radius 2 is 1.89 bits per heavy atom. The van der Waals surface area contributed by atoms with Crippen molar-refractivity contribution in [3.05, 3.63) is 70.8 Å². The van der Waals surface area contributed by atoms with E-state index in [1.54, 1.807) is 0 Å². The van der Waals surface area contributed by atoms with Crippen LogP contribution in [0.25, 0.3) is 0 Å². The second kappa shape index (κ2) is 7.15. The molecule has 5 heteroatoms. The molecule has 2 heterocycles. The lowest BCUT2D eigenvalue weighted by molar-refractivity contribution is -0.0502. The van der Waals surface area contributed by atoms with Crippen LogP contribution in [0.4, 0.5) is 0 Å². The van der Waals surface area contributed by atoms with Gasteiger partial charge in [0.15, 0.2) is 5.78 Å². The van der Waals surface area contributed by atoms with E-state index in [1.165, 1.54) is 5.56 Å². The van der Waals surface area contributed by atoms with Gasteiger partial charge in [0.05, 0.1) is 12.7 Å². The zero-order valence-corrected chi connectivity index (χ0v) is 15.8. The summed E-state index contributed by atoms with van der Waals surface area (Å²) in [5, 5.41) is 3.20. The molecule has 0 spiro atoms. The number of carbonyl (C=O) groups excluding carboxylic acids is 2. The number of morpholine rings is 1. The van der Waals surface area contributed by atoms with Crippen LogP contribution in [0.3, 0.4) is 0 Å². The second-order valence-corrected chi connectivity index (χ2v) is 8.00. The first-order chi connectivity index (χ1) is 13.7.